The van der Waals surface area contributed by atoms with E-state index in [0.29, 0.717) is 18.2 Å². The molecule has 9 heavy (non-hydrogen) atoms. The number of rotatable bonds is 2. The summed E-state index contributed by atoms with van der Waals surface area (Å²) in [6.07, 6.45) is 2.33. The van der Waals surface area contributed by atoms with Crippen LogP contribution in [0.1, 0.15) is 20.3 Å². The molecule has 0 aromatic carbocycles. The zero-order chi connectivity index (χ0) is 6.43. The van der Waals surface area contributed by atoms with E-state index in [1.807, 2.05) is 0 Å². The molecule has 0 aromatic rings. The number of nitrogens with one attached hydrogen (secondary N) is 1. The van der Waals surface area contributed by atoms with E-state index in [4.69, 9.17) is 4.74 Å². The number of ether oxygens (including phenoxy) is 1. The van der Waals surface area contributed by atoms with Gasteiger partial charge in [-0.2, -0.15) is 0 Å². The van der Waals surface area contributed by atoms with E-state index in [2.05, 4.69) is 19.2 Å². The second kappa shape index (κ2) is 1.70. The summed E-state index contributed by atoms with van der Waals surface area (Å²) < 4.78 is 5.31. The second-order valence-electron chi connectivity index (χ2n) is 3.01. The molecule has 2 fully saturated rings. The lowest BCUT2D eigenvalue weighted by molar-refractivity contribution is 0.374. The van der Waals surface area contributed by atoms with Gasteiger partial charge in [0.25, 0.3) is 0 Å². The maximum atomic E-state index is 5.31. The molecule has 1 N–H and O–H groups in total. The molecule has 0 aliphatic carbocycles. The maximum absolute atomic E-state index is 5.31. The zero-order valence-electron chi connectivity index (χ0n) is 5.92. The van der Waals surface area contributed by atoms with Crippen molar-refractivity contribution in [3.8, 4) is 0 Å². The standard InChI is InChI=1S/C7H13NO/c1-3-5-6(8-5)7-4(2)9-7/h4-8H,3H2,1-2H3. The molecule has 4 unspecified atom stereocenters. The third kappa shape index (κ3) is 0.864. The Labute approximate surface area is 55.6 Å². The highest BCUT2D eigenvalue weighted by Gasteiger charge is 2.52. The summed E-state index contributed by atoms with van der Waals surface area (Å²) in [6, 6.07) is 1.46. The largest absolute Gasteiger partial charge is 0.368 e. The summed E-state index contributed by atoms with van der Waals surface area (Å²) in [4.78, 5) is 0. The molecule has 0 bridgehead atoms. The fraction of sp³-hybridized carbons (Fsp3) is 1.00. The molecule has 2 aliphatic rings. The van der Waals surface area contributed by atoms with Crippen LogP contribution in [0.25, 0.3) is 0 Å². The first-order chi connectivity index (χ1) is 4.33. The molecular formula is C7H13NO. The summed E-state index contributed by atoms with van der Waals surface area (Å²) in [6.45, 7) is 4.35. The summed E-state index contributed by atoms with van der Waals surface area (Å²) in [5.41, 5.74) is 0. The molecule has 0 spiro atoms. The van der Waals surface area contributed by atoms with Gasteiger partial charge >= 0.3 is 0 Å². The van der Waals surface area contributed by atoms with Crippen LogP contribution >= 0.6 is 0 Å². The highest BCUT2D eigenvalue weighted by Crippen LogP contribution is 2.33. The monoisotopic (exact) mass is 127 g/mol. The maximum Gasteiger partial charge on any atom is 0.101 e. The van der Waals surface area contributed by atoms with Crippen LogP contribution in [0.3, 0.4) is 0 Å². The van der Waals surface area contributed by atoms with Gasteiger partial charge in [-0.05, 0) is 13.3 Å². The Kier molecular flexibility index (Phi) is 1.08. The molecule has 2 heteroatoms. The van der Waals surface area contributed by atoms with Crippen molar-refractivity contribution in [2.75, 3.05) is 0 Å². The second-order valence-corrected chi connectivity index (χ2v) is 3.01. The highest BCUT2D eigenvalue weighted by molar-refractivity contribution is 5.09. The van der Waals surface area contributed by atoms with Gasteiger partial charge in [0.05, 0.1) is 12.1 Å². The first-order valence-electron chi connectivity index (χ1n) is 3.74. The van der Waals surface area contributed by atoms with E-state index in [0.717, 1.165) is 6.04 Å². The van der Waals surface area contributed by atoms with E-state index in [-0.39, 0.29) is 0 Å². The van der Waals surface area contributed by atoms with Crippen LogP contribution < -0.4 is 5.32 Å². The fourth-order valence-corrected chi connectivity index (χ4v) is 1.47. The van der Waals surface area contributed by atoms with Crippen LogP contribution in [0.5, 0.6) is 0 Å². The summed E-state index contributed by atoms with van der Waals surface area (Å²) in [7, 11) is 0. The lowest BCUT2D eigenvalue weighted by Gasteiger charge is -1.83. The smallest absolute Gasteiger partial charge is 0.101 e. The van der Waals surface area contributed by atoms with Crippen molar-refractivity contribution in [2.45, 2.75) is 44.6 Å². The van der Waals surface area contributed by atoms with Crippen molar-refractivity contribution >= 4 is 0 Å². The molecule has 0 saturated carbocycles. The Balaban J connectivity index is 1.79. The molecule has 2 saturated heterocycles. The fourth-order valence-electron chi connectivity index (χ4n) is 1.47. The normalized spacial score (nSPS) is 55.3. The van der Waals surface area contributed by atoms with Crippen LogP contribution in [0.4, 0.5) is 0 Å². The van der Waals surface area contributed by atoms with Crippen LogP contribution in [0.15, 0.2) is 0 Å². The number of epoxide rings is 1. The molecular weight excluding hydrogens is 114 g/mol. The first kappa shape index (κ1) is 5.69. The van der Waals surface area contributed by atoms with E-state index < -0.39 is 0 Å². The van der Waals surface area contributed by atoms with Gasteiger partial charge in [-0.15, -0.1) is 0 Å². The third-order valence-electron chi connectivity index (χ3n) is 2.28. The average Bonchev–Trinajstić information content (AvgIpc) is 2.61. The minimum atomic E-state index is 0.527. The van der Waals surface area contributed by atoms with E-state index >= 15 is 0 Å². The van der Waals surface area contributed by atoms with Gasteiger partial charge in [-0.3, -0.25) is 0 Å². The zero-order valence-corrected chi connectivity index (χ0v) is 5.92. The van der Waals surface area contributed by atoms with Crippen molar-refractivity contribution < 1.29 is 4.74 Å². The van der Waals surface area contributed by atoms with E-state index in [9.17, 15) is 0 Å². The van der Waals surface area contributed by atoms with Gasteiger partial charge in [-0.25, -0.2) is 0 Å². The summed E-state index contributed by atoms with van der Waals surface area (Å²) in [5, 5.41) is 3.39. The quantitative estimate of drug-likeness (QED) is 0.549. The Morgan fingerprint density at radius 1 is 1.56 bits per heavy atom. The molecule has 0 radical (unpaired) electrons. The van der Waals surface area contributed by atoms with Gasteiger partial charge < -0.3 is 10.1 Å². The number of hydrogen-bond acceptors (Lipinski definition) is 2. The van der Waals surface area contributed by atoms with Gasteiger partial charge in [0.15, 0.2) is 0 Å². The van der Waals surface area contributed by atoms with E-state index in [1.54, 1.807) is 0 Å². The Morgan fingerprint density at radius 2 is 2.22 bits per heavy atom. The molecule has 2 nitrogen and oxygen atoms in total. The van der Waals surface area contributed by atoms with Crippen molar-refractivity contribution in [1.29, 1.82) is 0 Å². The molecule has 2 aliphatic heterocycles. The highest BCUT2D eigenvalue weighted by atomic mass is 16.6. The van der Waals surface area contributed by atoms with Crippen molar-refractivity contribution in [3.63, 3.8) is 0 Å². The van der Waals surface area contributed by atoms with Crippen LogP contribution in [-0.2, 0) is 4.74 Å². The minimum absolute atomic E-state index is 0.527. The number of hydrogen-bond donors (Lipinski definition) is 1. The molecule has 4 atom stereocenters. The molecule has 0 aromatic heterocycles. The minimum Gasteiger partial charge on any atom is -0.368 e. The van der Waals surface area contributed by atoms with Gasteiger partial charge in [0.1, 0.15) is 6.10 Å². The third-order valence-corrected chi connectivity index (χ3v) is 2.28. The van der Waals surface area contributed by atoms with Gasteiger partial charge in [0, 0.05) is 6.04 Å². The van der Waals surface area contributed by atoms with Crippen LogP contribution in [-0.4, -0.2) is 24.3 Å². The van der Waals surface area contributed by atoms with Gasteiger partial charge in [-0.1, -0.05) is 6.92 Å². The molecule has 2 heterocycles. The molecule has 2 rings (SSSR count). The van der Waals surface area contributed by atoms with Crippen LogP contribution in [0, 0.1) is 0 Å². The van der Waals surface area contributed by atoms with Crippen molar-refractivity contribution in [3.05, 3.63) is 0 Å². The summed E-state index contributed by atoms with van der Waals surface area (Å²) in [5.74, 6) is 0. The van der Waals surface area contributed by atoms with Crippen molar-refractivity contribution in [1.82, 2.24) is 5.32 Å². The Morgan fingerprint density at radius 3 is 2.56 bits per heavy atom. The van der Waals surface area contributed by atoms with Crippen molar-refractivity contribution in [2.24, 2.45) is 0 Å². The molecule has 52 valence electrons. The SMILES string of the molecule is CCC1NC1C1OC1C. The predicted molar refractivity (Wildman–Crippen MR) is 35.3 cm³/mol. The average molecular weight is 127 g/mol. The Hall–Kier alpha value is -0.0800. The van der Waals surface area contributed by atoms with E-state index in [1.165, 1.54) is 6.42 Å². The van der Waals surface area contributed by atoms with Crippen LogP contribution in [0.2, 0.25) is 0 Å². The topological polar surface area (TPSA) is 34.5 Å². The lowest BCUT2D eigenvalue weighted by atomic mass is 10.2. The molecule has 0 amide bonds. The predicted octanol–water partition coefficient (Wildman–Crippen LogP) is 0.524. The summed E-state index contributed by atoms with van der Waals surface area (Å²) >= 11 is 0. The first-order valence-corrected chi connectivity index (χ1v) is 3.74. The lowest BCUT2D eigenvalue weighted by Crippen LogP contribution is -2.04. The van der Waals surface area contributed by atoms with Gasteiger partial charge in [0.2, 0.25) is 0 Å². The Bertz CT molecular complexity index is 126.